The van der Waals surface area contributed by atoms with Gasteiger partial charge in [0.1, 0.15) is 10.6 Å². The van der Waals surface area contributed by atoms with E-state index in [1.165, 1.54) is 4.31 Å². The maximum Gasteiger partial charge on any atom is 0.245 e. The second-order valence-corrected chi connectivity index (χ2v) is 10.5. The average Bonchev–Trinajstić information content (AvgIpc) is 2.59. The Morgan fingerprint density at radius 1 is 1.27 bits per heavy atom. The quantitative estimate of drug-likeness (QED) is 0.698. The lowest BCUT2D eigenvalue weighted by atomic mass is 9.49. The summed E-state index contributed by atoms with van der Waals surface area (Å²) in [7, 11) is 1.28. The van der Waals surface area contributed by atoms with Gasteiger partial charge in [-0.05, 0) is 53.6 Å². The molecule has 0 unspecified atom stereocenters. The molecule has 0 radical (unpaired) electrons. The Balaban J connectivity index is 1.85. The van der Waals surface area contributed by atoms with Gasteiger partial charge in [-0.3, -0.25) is 0 Å². The van der Waals surface area contributed by atoms with Crippen molar-refractivity contribution in [2.45, 2.75) is 42.2 Å². The summed E-state index contributed by atoms with van der Waals surface area (Å²) in [5, 5.41) is 0. The molecule has 0 N–H and O–H groups in total. The first-order valence-electron chi connectivity index (χ1n) is 8.94. The number of benzene rings is 1. The number of anilines is 1. The molecule has 3 fully saturated rings. The number of halogens is 1. The Hall–Kier alpha value is -0.830. The molecular formula is C18H25BrN2O4S. The molecule has 3 aliphatic carbocycles. The minimum absolute atomic E-state index is 0.119. The van der Waals surface area contributed by atoms with Crippen LogP contribution in [0.2, 0.25) is 0 Å². The summed E-state index contributed by atoms with van der Waals surface area (Å²) in [6, 6.07) is 3.45. The molecule has 0 spiro atoms. The van der Waals surface area contributed by atoms with Crippen LogP contribution in [0.25, 0.3) is 0 Å². The van der Waals surface area contributed by atoms with Gasteiger partial charge in [-0.15, -0.1) is 0 Å². The molecule has 0 aromatic heterocycles. The first-order valence-corrected chi connectivity index (χ1v) is 11.2. The molecule has 1 heterocycles. The number of ether oxygens (including phenoxy) is 2. The van der Waals surface area contributed by atoms with Gasteiger partial charge in [-0.25, -0.2) is 8.42 Å². The van der Waals surface area contributed by atoms with Crippen LogP contribution < -0.4 is 9.64 Å². The zero-order valence-corrected chi connectivity index (χ0v) is 17.8. The molecule has 144 valence electrons. The normalized spacial score (nSPS) is 32.2. The van der Waals surface area contributed by atoms with Crippen LogP contribution in [0.1, 0.15) is 25.7 Å². The highest BCUT2D eigenvalue weighted by Gasteiger charge is 2.61. The summed E-state index contributed by atoms with van der Waals surface area (Å²) in [6.07, 6.45) is 4.17. The Labute approximate surface area is 163 Å². The molecule has 1 atom stereocenters. The molecule has 1 aromatic rings. The van der Waals surface area contributed by atoms with Crippen LogP contribution in [-0.4, -0.2) is 58.7 Å². The highest BCUT2D eigenvalue weighted by molar-refractivity contribution is 9.10. The van der Waals surface area contributed by atoms with Gasteiger partial charge in [-0.1, -0.05) is 0 Å². The second kappa shape index (κ2) is 6.36. The third kappa shape index (κ3) is 2.60. The van der Waals surface area contributed by atoms with Crippen molar-refractivity contribution >= 4 is 31.6 Å². The van der Waals surface area contributed by atoms with Crippen molar-refractivity contribution in [1.29, 1.82) is 0 Å². The van der Waals surface area contributed by atoms with E-state index in [9.17, 15) is 8.42 Å². The topological polar surface area (TPSA) is 59.1 Å². The molecule has 6 nitrogen and oxygen atoms in total. The molecule has 3 saturated carbocycles. The molecule has 26 heavy (non-hydrogen) atoms. The number of methoxy groups -OCH3 is 2. The van der Waals surface area contributed by atoms with Crippen molar-refractivity contribution < 1.29 is 17.9 Å². The number of fused-ring (bicyclic) bond motifs is 1. The van der Waals surface area contributed by atoms with Crippen molar-refractivity contribution in [3.63, 3.8) is 0 Å². The molecule has 1 aromatic carbocycles. The average molecular weight is 445 g/mol. The van der Waals surface area contributed by atoms with E-state index in [0.717, 1.165) is 35.3 Å². The van der Waals surface area contributed by atoms with Gasteiger partial charge >= 0.3 is 0 Å². The van der Waals surface area contributed by atoms with Gasteiger partial charge < -0.3 is 14.4 Å². The Morgan fingerprint density at radius 3 is 2.50 bits per heavy atom. The van der Waals surface area contributed by atoms with Gasteiger partial charge in [0, 0.05) is 45.0 Å². The number of likely N-dealkylation sites (N-methyl/N-ethyl adjacent to an activating group) is 1. The SMILES string of the molecule is COCC[C@@H]1CN(C23CC(C2)C3)c2cc(Br)c(OC)cc2S(=O)(=O)N1C. The van der Waals surface area contributed by atoms with Crippen LogP contribution in [0, 0.1) is 5.92 Å². The predicted molar refractivity (Wildman–Crippen MR) is 103 cm³/mol. The number of hydrogen-bond donors (Lipinski definition) is 0. The third-order valence-electron chi connectivity index (χ3n) is 6.32. The van der Waals surface area contributed by atoms with Crippen LogP contribution in [0.5, 0.6) is 5.75 Å². The summed E-state index contributed by atoms with van der Waals surface area (Å²) < 4.78 is 39.6. The fourth-order valence-electron chi connectivity index (χ4n) is 4.61. The lowest BCUT2D eigenvalue weighted by Gasteiger charge is -2.67. The molecule has 0 saturated heterocycles. The lowest BCUT2D eigenvalue weighted by molar-refractivity contribution is -0.0273. The fraction of sp³-hybridized carbons (Fsp3) is 0.667. The van der Waals surface area contributed by atoms with E-state index in [4.69, 9.17) is 9.47 Å². The fourth-order valence-corrected chi connectivity index (χ4v) is 6.67. The largest absolute Gasteiger partial charge is 0.496 e. The number of rotatable bonds is 5. The second-order valence-electron chi connectivity index (χ2n) is 7.72. The van der Waals surface area contributed by atoms with E-state index in [-0.39, 0.29) is 11.6 Å². The molecule has 1 aliphatic heterocycles. The van der Waals surface area contributed by atoms with Crippen LogP contribution in [0.3, 0.4) is 0 Å². The number of nitrogens with zero attached hydrogens (tertiary/aromatic N) is 2. The van der Waals surface area contributed by atoms with E-state index in [1.807, 2.05) is 6.07 Å². The monoisotopic (exact) mass is 444 g/mol. The van der Waals surface area contributed by atoms with Gasteiger partial charge in [0.2, 0.25) is 10.0 Å². The predicted octanol–water partition coefficient (Wildman–Crippen LogP) is 2.86. The lowest BCUT2D eigenvalue weighted by Crippen LogP contribution is -2.69. The van der Waals surface area contributed by atoms with Crippen LogP contribution >= 0.6 is 15.9 Å². The van der Waals surface area contributed by atoms with Crippen LogP contribution in [-0.2, 0) is 14.8 Å². The zero-order valence-electron chi connectivity index (χ0n) is 15.4. The van der Waals surface area contributed by atoms with Gasteiger partial charge in [-0.2, -0.15) is 4.31 Å². The third-order valence-corrected chi connectivity index (χ3v) is 8.88. The van der Waals surface area contributed by atoms with Crippen LogP contribution in [0.4, 0.5) is 5.69 Å². The van der Waals surface area contributed by atoms with E-state index in [2.05, 4.69) is 20.8 Å². The van der Waals surface area contributed by atoms with E-state index in [0.29, 0.717) is 30.2 Å². The van der Waals surface area contributed by atoms with Crippen molar-refractivity contribution in [2.75, 3.05) is 39.3 Å². The van der Waals surface area contributed by atoms with Crippen molar-refractivity contribution in [3.05, 3.63) is 16.6 Å². The molecule has 4 aliphatic rings. The Morgan fingerprint density at radius 2 is 1.96 bits per heavy atom. The maximum absolute atomic E-state index is 13.4. The molecule has 2 bridgehead atoms. The summed E-state index contributed by atoms with van der Waals surface area (Å²) in [4.78, 5) is 2.69. The Bertz CT molecular complexity index is 812. The highest BCUT2D eigenvalue weighted by Crippen LogP contribution is 2.62. The number of hydrogen-bond acceptors (Lipinski definition) is 5. The van der Waals surface area contributed by atoms with Gasteiger partial charge in [0.25, 0.3) is 0 Å². The highest BCUT2D eigenvalue weighted by atomic mass is 79.9. The van der Waals surface area contributed by atoms with Crippen molar-refractivity contribution in [3.8, 4) is 5.75 Å². The summed E-state index contributed by atoms with van der Waals surface area (Å²) >= 11 is 3.54. The zero-order chi connectivity index (χ0) is 18.7. The van der Waals surface area contributed by atoms with Crippen molar-refractivity contribution in [1.82, 2.24) is 4.31 Å². The first-order chi connectivity index (χ1) is 12.3. The van der Waals surface area contributed by atoms with Gasteiger partial charge in [0.15, 0.2) is 0 Å². The molecule has 5 rings (SSSR count). The molecular weight excluding hydrogens is 420 g/mol. The van der Waals surface area contributed by atoms with E-state index < -0.39 is 10.0 Å². The molecule has 8 heteroatoms. The minimum Gasteiger partial charge on any atom is -0.496 e. The summed E-state index contributed by atoms with van der Waals surface area (Å²) in [5.41, 5.74) is 0.919. The summed E-state index contributed by atoms with van der Waals surface area (Å²) in [5.74, 6) is 1.35. The minimum atomic E-state index is -3.61. The van der Waals surface area contributed by atoms with Crippen molar-refractivity contribution in [2.24, 2.45) is 5.92 Å². The first kappa shape index (κ1) is 18.5. The standard InChI is InChI=1S/C18H25BrN2O4S/c1-20-13(4-5-24-2)11-21(18-8-12(9-18)10-18)15-6-14(19)16(25-3)7-17(15)26(20,22)23/h6-7,12-13H,4-5,8-11H2,1-3H3/t12?,13-,18?/m1/s1. The van der Waals surface area contributed by atoms with Gasteiger partial charge in [0.05, 0.1) is 17.3 Å². The smallest absolute Gasteiger partial charge is 0.245 e. The van der Waals surface area contributed by atoms with Crippen LogP contribution in [0.15, 0.2) is 21.5 Å². The van der Waals surface area contributed by atoms with E-state index in [1.54, 1.807) is 27.3 Å². The summed E-state index contributed by atoms with van der Waals surface area (Å²) in [6.45, 7) is 1.23. The Kier molecular flexibility index (Phi) is 4.53. The number of sulfonamides is 1. The molecule has 0 amide bonds. The van der Waals surface area contributed by atoms with E-state index >= 15 is 0 Å². The maximum atomic E-state index is 13.4.